The van der Waals surface area contributed by atoms with E-state index >= 15 is 0 Å². The highest BCUT2D eigenvalue weighted by molar-refractivity contribution is 5.86. The Bertz CT molecular complexity index is 858. The number of rotatable bonds is 5. The van der Waals surface area contributed by atoms with Gasteiger partial charge in [0.1, 0.15) is 0 Å². The Labute approximate surface area is 155 Å². The molecule has 0 radical (unpaired) electrons. The molecule has 10 heteroatoms. The van der Waals surface area contributed by atoms with Gasteiger partial charge in [0.2, 0.25) is 0 Å². The summed E-state index contributed by atoms with van der Waals surface area (Å²) < 4.78 is 91.5. The third kappa shape index (κ3) is 3.90. The van der Waals surface area contributed by atoms with E-state index in [0.29, 0.717) is 24.0 Å². The lowest BCUT2D eigenvalue weighted by Gasteiger charge is -2.30. The Morgan fingerprint density at radius 1 is 0.964 bits per heavy atom. The van der Waals surface area contributed by atoms with E-state index in [4.69, 9.17) is 11.1 Å². The second kappa shape index (κ2) is 7.33. The summed E-state index contributed by atoms with van der Waals surface area (Å²) in [5.41, 5.74) is 0.388. The van der Waals surface area contributed by atoms with Crippen LogP contribution in [0.4, 0.5) is 42.1 Å². The Hall–Kier alpha value is -2.78. The number of benzene rings is 2. The largest absolute Gasteiger partial charge is 0.435 e. The number of hydrogen-bond acceptors (Lipinski definition) is 3. The van der Waals surface area contributed by atoms with Gasteiger partial charge in [-0.2, -0.15) is 26.3 Å². The Morgan fingerprint density at radius 2 is 1.57 bits per heavy atom. The third-order valence-corrected chi connectivity index (χ3v) is 4.20. The quantitative estimate of drug-likeness (QED) is 0.349. The second-order valence-electron chi connectivity index (χ2n) is 6.14. The first kappa shape index (κ1) is 21.5. The summed E-state index contributed by atoms with van der Waals surface area (Å²) >= 11 is 0. The first-order chi connectivity index (χ1) is 12.8. The van der Waals surface area contributed by atoms with Gasteiger partial charge in [-0.05, 0) is 36.2 Å². The summed E-state index contributed by atoms with van der Waals surface area (Å²) in [6.45, 7) is 1.94. The first-order valence-electron chi connectivity index (χ1n) is 7.87. The van der Waals surface area contributed by atoms with E-state index in [1.165, 1.54) is 0 Å². The maximum absolute atomic E-state index is 14.2. The molecule has 0 fully saturated rings. The molecule has 0 bridgehead atoms. The van der Waals surface area contributed by atoms with Crippen molar-refractivity contribution in [1.82, 2.24) is 0 Å². The van der Waals surface area contributed by atoms with Crippen molar-refractivity contribution in [2.24, 2.45) is 0 Å². The van der Waals surface area contributed by atoms with E-state index in [0.717, 1.165) is 17.2 Å². The molecule has 0 heterocycles. The Morgan fingerprint density at radius 3 is 2.07 bits per heavy atom. The summed E-state index contributed by atoms with van der Waals surface area (Å²) in [7, 11) is 0. The van der Waals surface area contributed by atoms with E-state index < -0.39 is 23.6 Å². The van der Waals surface area contributed by atoms with Crippen molar-refractivity contribution >= 4 is 17.6 Å². The van der Waals surface area contributed by atoms with Crippen molar-refractivity contribution in [2.75, 3.05) is 11.1 Å². The van der Waals surface area contributed by atoms with Crippen molar-refractivity contribution in [3.63, 3.8) is 0 Å². The van der Waals surface area contributed by atoms with Crippen molar-refractivity contribution in [1.29, 1.82) is 5.41 Å². The molecule has 2 aromatic rings. The zero-order valence-electron chi connectivity index (χ0n) is 14.5. The molecule has 4 N–H and O–H groups in total. The summed E-state index contributed by atoms with van der Waals surface area (Å²) in [6, 6.07) is 6.74. The van der Waals surface area contributed by atoms with Crippen LogP contribution >= 0.6 is 0 Å². The van der Waals surface area contributed by atoms with Crippen molar-refractivity contribution < 1.29 is 30.7 Å². The van der Waals surface area contributed by atoms with Gasteiger partial charge in [0.25, 0.3) is 0 Å². The van der Waals surface area contributed by atoms with E-state index in [9.17, 15) is 30.7 Å². The fraction of sp³-hybridized carbons (Fsp3) is 0.278. The molecule has 0 aliphatic rings. The average molecular weight is 407 g/mol. The molecule has 0 saturated carbocycles. The summed E-state index contributed by atoms with van der Waals surface area (Å²) in [5, 5.41) is 10.1. The van der Waals surface area contributed by atoms with Crippen LogP contribution in [0.5, 0.6) is 0 Å². The number of halogens is 7. The predicted octanol–water partition coefficient (Wildman–Crippen LogP) is 5.48. The molecule has 0 aliphatic carbocycles. The number of hydrogen-bond donors (Lipinski definition) is 3. The number of nitrogens with two attached hydrogens (primary N) is 1. The molecule has 2 aromatic carbocycles. The van der Waals surface area contributed by atoms with Crippen LogP contribution < -0.4 is 11.1 Å². The molecule has 2 rings (SSSR count). The van der Waals surface area contributed by atoms with Crippen LogP contribution in [0.2, 0.25) is 0 Å². The molecule has 0 atom stereocenters. The van der Waals surface area contributed by atoms with Crippen LogP contribution in [0, 0.1) is 12.3 Å². The van der Waals surface area contributed by atoms with Gasteiger partial charge in [-0.1, -0.05) is 18.2 Å². The summed E-state index contributed by atoms with van der Waals surface area (Å²) in [5.74, 6) is 0. The molecular formula is C18H16F7N3. The number of nitrogen functional groups attached to an aromatic ring is 1. The van der Waals surface area contributed by atoms with Gasteiger partial charge in [-0.25, -0.2) is 4.39 Å². The maximum atomic E-state index is 14.2. The number of alkyl halides is 7. The standard InChI is InChI=1S/C18H16F7N3/c1-10-6-11(2-4-14(10)27)9-28-15-5-3-13(7-12(15)8-26)16(19,17(20,21)22)18(23,24)25/h2-8,26,28H,9,27H2,1H3. The highest BCUT2D eigenvalue weighted by Gasteiger charge is 2.73. The van der Waals surface area contributed by atoms with Gasteiger partial charge in [0.05, 0.1) is 0 Å². The molecule has 0 spiro atoms. The highest BCUT2D eigenvalue weighted by atomic mass is 19.4. The topological polar surface area (TPSA) is 61.9 Å². The SMILES string of the molecule is Cc1cc(CNc2ccc(C(F)(C(F)(F)F)C(F)(F)F)cc2C=N)ccc1N. The van der Waals surface area contributed by atoms with Crippen LogP contribution in [0.3, 0.4) is 0 Å². The fourth-order valence-electron chi connectivity index (χ4n) is 2.59. The van der Waals surface area contributed by atoms with Gasteiger partial charge in [-0.15, -0.1) is 0 Å². The molecule has 0 saturated heterocycles. The normalized spacial score (nSPS) is 12.7. The monoisotopic (exact) mass is 407 g/mol. The van der Waals surface area contributed by atoms with Crippen LogP contribution in [-0.4, -0.2) is 18.6 Å². The average Bonchev–Trinajstić information content (AvgIpc) is 2.60. The zero-order chi connectivity index (χ0) is 21.3. The molecule has 0 amide bonds. The summed E-state index contributed by atoms with van der Waals surface area (Å²) in [4.78, 5) is 0. The van der Waals surface area contributed by atoms with Gasteiger partial charge in [-0.3, -0.25) is 0 Å². The van der Waals surface area contributed by atoms with Crippen LogP contribution in [0.25, 0.3) is 0 Å². The molecule has 152 valence electrons. The third-order valence-electron chi connectivity index (χ3n) is 4.20. The smallest absolute Gasteiger partial charge is 0.399 e. The molecule has 0 aliphatic heterocycles. The van der Waals surface area contributed by atoms with Gasteiger partial charge < -0.3 is 16.5 Å². The number of nitrogens with one attached hydrogen (secondary N) is 2. The molecule has 3 nitrogen and oxygen atoms in total. The lowest BCUT2D eigenvalue weighted by Crippen LogP contribution is -2.50. The Balaban J connectivity index is 2.38. The van der Waals surface area contributed by atoms with Crippen molar-refractivity contribution in [3.05, 3.63) is 58.7 Å². The molecule has 0 aromatic heterocycles. The number of aryl methyl sites for hydroxylation is 1. The molecule has 28 heavy (non-hydrogen) atoms. The minimum absolute atomic E-state index is 0.0833. The van der Waals surface area contributed by atoms with E-state index in [1.807, 2.05) is 0 Å². The minimum Gasteiger partial charge on any atom is -0.399 e. The van der Waals surface area contributed by atoms with Crippen molar-refractivity contribution in [3.8, 4) is 0 Å². The lowest BCUT2D eigenvalue weighted by molar-refractivity contribution is -0.348. The first-order valence-corrected chi connectivity index (χ1v) is 7.87. The Kier molecular flexibility index (Phi) is 5.63. The molecule has 0 unspecified atom stereocenters. The number of anilines is 2. The summed E-state index contributed by atoms with van der Waals surface area (Å²) in [6.07, 6.45) is -11.9. The van der Waals surface area contributed by atoms with Crippen LogP contribution in [-0.2, 0) is 12.2 Å². The fourth-order valence-corrected chi connectivity index (χ4v) is 2.59. The predicted molar refractivity (Wildman–Crippen MR) is 92.1 cm³/mol. The van der Waals surface area contributed by atoms with Crippen molar-refractivity contribution in [2.45, 2.75) is 31.5 Å². The maximum Gasteiger partial charge on any atom is 0.435 e. The van der Waals surface area contributed by atoms with Gasteiger partial charge >= 0.3 is 18.0 Å². The van der Waals surface area contributed by atoms with E-state index in [-0.39, 0.29) is 17.8 Å². The molecular weight excluding hydrogens is 391 g/mol. The second-order valence-corrected chi connectivity index (χ2v) is 6.14. The van der Waals surface area contributed by atoms with E-state index in [2.05, 4.69) is 5.32 Å². The van der Waals surface area contributed by atoms with Gasteiger partial charge in [0, 0.05) is 35.3 Å². The zero-order valence-corrected chi connectivity index (χ0v) is 14.5. The van der Waals surface area contributed by atoms with Gasteiger partial charge in [0.15, 0.2) is 0 Å². The minimum atomic E-state index is -6.21. The van der Waals surface area contributed by atoms with Crippen LogP contribution in [0.15, 0.2) is 36.4 Å². The van der Waals surface area contributed by atoms with E-state index in [1.54, 1.807) is 25.1 Å². The highest BCUT2D eigenvalue weighted by Crippen LogP contribution is 2.53. The lowest BCUT2D eigenvalue weighted by atomic mass is 9.92. The van der Waals surface area contributed by atoms with Crippen LogP contribution in [0.1, 0.15) is 22.3 Å².